The van der Waals surface area contributed by atoms with E-state index in [1.54, 1.807) is 32.5 Å². The maximum atomic E-state index is 12.7. The molecule has 1 fully saturated rings. The summed E-state index contributed by atoms with van der Waals surface area (Å²) in [4.78, 5) is 30.6. The summed E-state index contributed by atoms with van der Waals surface area (Å²) in [5.41, 5.74) is 2.75. The van der Waals surface area contributed by atoms with Crippen molar-refractivity contribution in [2.75, 3.05) is 20.2 Å². The van der Waals surface area contributed by atoms with Gasteiger partial charge in [0.1, 0.15) is 5.75 Å². The molecule has 1 saturated heterocycles. The Morgan fingerprint density at radius 2 is 2.00 bits per heavy atom. The number of nitrogens with zero attached hydrogens (tertiary/aromatic N) is 3. The molecular weight excluding hydrogens is 318 g/mol. The number of carbonyl (C=O) groups is 1. The molecule has 0 radical (unpaired) electrons. The second-order valence-corrected chi connectivity index (χ2v) is 6.95. The van der Waals surface area contributed by atoms with Gasteiger partial charge >= 0.3 is 0 Å². The molecule has 2 atom stereocenters. The number of methoxy groups -OCH3 is 1. The summed E-state index contributed by atoms with van der Waals surface area (Å²) in [6, 6.07) is 5.62. The Bertz CT molecular complexity index is 890. The van der Waals surface area contributed by atoms with Gasteiger partial charge in [0, 0.05) is 56.0 Å². The molecule has 0 spiro atoms. The van der Waals surface area contributed by atoms with Crippen LogP contribution in [0.15, 0.2) is 35.4 Å². The predicted octanol–water partition coefficient (Wildman–Crippen LogP) is 1.88. The zero-order chi connectivity index (χ0) is 17.6. The predicted molar refractivity (Wildman–Crippen MR) is 93.6 cm³/mol. The molecule has 2 aliphatic heterocycles. The average molecular weight is 339 g/mol. The van der Waals surface area contributed by atoms with E-state index in [2.05, 4.69) is 11.1 Å². The van der Waals surface area contributed by atoms with Gasteiger partial charge in [0.15, 0.2) is 0 Å². The smallest absolute Gasteiger partial charge is 0.251 e. The van der Waals surface area contributed by atoms with E-state index < -0.39 is 0 Å². The molecule has 0 saturated carbocycles. The van der Waals surface area contributed by atoms with E-state index in [1.807, 2.05) is 15.5 Å². The third kappa shape index (κ3) is 2.81. The van der Waals surface area contributed by atoms with Crippen LogP contribution in [0.25, 0.3) is 11.1 Å². The first-order valence-electron chi connectivity index (χ1n) is 8.55. The largest absolute Gasteiger partial charge is 0.495 e. The summed E-state index contributed by atoms with van der Waals surface area (Å²) in [6.07, 6.45) is 4.41. The first kappa shape index (κ1) is 15.9. The van der Waals surface area contributed by atoms with Gasteiger partial charge in [0.25, 0.3) is 5.56 Å². The van der Waals surface area contributed by atoms with Crippen molar-refractivity contribution in [2.45, 2.75) is 25.8 Å². The van der Waals surface area contributed by atoms with Gasteiger partial charge in [-0.2, -0.15) is 0 Å². The van der Waals surface area contributed by atoms with E-state index in [1.165, 1.54) is 0 Å². The molecule has 0 aromatic carbocycles. The zero-order valence-corrected chi connectivity index (χ0v) is 14.4. The number of amides is 1. The molecule has 4 rings (SSSR count). The van der Waals surface area contributed by atoms with Crippen LogP contribution >= 0.6 is 0 Å². The quantitative estimate of drug-likeness (QED) is 0.838. The van der Waals surface area contributed by atoms with Crippen molar-refractivity contribution in [1.29, 1.82) is 0 Å². The Kier molecular flexibility index (Phi) is 3.82. The lowest BCUT2D eigenvalue weighted by Crippen LogP contribution is -2.48. The number of likely N-dealkylation sites (tertiary alicyclic amines) is 1. The van der Waals surface area contributed by atoms with E-state index in [4.69, 9.17) is 4.74 Å². The molecule has 1 amide bonds. The number of aromatic nitrogens is 2. The van der Waals surface area contributed by atoms with Gasteiger partial charge in [-0.1, -0.05) is 0 Å². The fourth-order valence-electron chi connectivity index (χ4n) is 4.07. The minimum absolute atomic E-state index is 0.0151. The van der Waals surface area contributed by atoms with Crippen LogP contribution in [0.1, 0.15) is 25.0 Å². The summed E-state index contributed by atoms with van der Waals surface area (Å²) in [6.45, 7) is 3.74. The monoisotopic (exact) mass is 339 g/mol. The lowest BCUT2D eigenvalue weighted by atomic mass is 9.82. The molecule has 2 aliphatic rings. The van der Waals surface area contributed by atoms with Crippen molar-refractivity contribution in [3.63, 3.8) is 0 Å². The molecule has 25 heavy (non-hydrogen) atoms. The maximum absolute atomic E-state index is 12.7. The SMILES string of the molecule is COc1cncc(-c2cc3n(c(=O)c2)C[C@H]2C[C@@H]3CN(C(C)=O)C2)c1. The fourth-order valence-corrected chi connectivity index (χ4v) is 4.07. The molecule has 6 nitrogen and oxygen atoms in total. The van der Waals surface area contributed by atoms with Crippen molar-refractivity contribution >= 4 is 5.91 Å². The number of piperidine rings is 1. The Morgan fingerprint density at radius 1 is 1.16 bits per heavy atom. The normalized spacial score (nSPS) is 21.6. The van der Waals surface area contributed by atoms with Crippen LogP contribution < -0.4 is 10.3 Å². The molecule has 4 heterocycles. The van der Waals surface area contributed by atoms with Crippen LogP contribution in [0.2, 0.25) is 0 Å². The highest BCUT2D eigenvalue weighted by Gasteiger charge is 2.35. The Balaban J connectivity index is 1.77. The van der Waals surface area contributed by atoms with E-state index in [-0.39, 0.29) is 17.4 Å². The maximum Gasteiger partial charge on any atom is 0.251 e. The third-order valence-electron chi connectivity index (χ3n) is 5.28. The van der Waals surface area contributed by atoms with Crippen LogP contribution in [0, 0.1) is 5.92 Å². The van der Waals surface area contributed by atoms with Crippen LogP contribution in [0.4, 0.5) is 0 Å². The van der Waals surface area contributed by atoms with Crippen LogP contribution in [0.5, 0.6) is 5.75 Å². The van der Waals surface area contributed by atoms with Crippen molar-refractivity contribution < 1.29 is 9.53 Å². The topological polar surface area (TPSA) is 64.4 Å². The molecule has 0 N–H and O–H groups in total. The zero-order valence-electron chi connectivity index (χ0n) is 14.4. The molecule has 130 valence electrons. The summed E-state index contributed by atoms with van der Waals surface area (Å²) in [7, 11) is 1.60. The number of hydrogen-bond donors (Lipinski definition) is 0. The first-order chi connectivity index (χ1) is 12.0. The number of rotatable bonds is 2. The lowest BCUT2D eigenvalue weighted by molar-refractivity contribution is -0.131. The first-order valence-corrected chi connectivity index (χ1v) is 8.55. The van der Waals surface area contributed by atoms with Crippen LogP contribution in [0.3, 0.4) is 0 Å². The van der Waals surface area contributed by atoms with Crippen molar-refractivity contribution in [3.05, 3.63) is 46.6 Å². The lowest BCUT2D eigenvalue weighted by Gasteiger charge is -2.42. The number of hydrogen-bond acceptors (Lipinski definition) is 4. The van der Waals surface area contributed by atoms with E-state index >= 15 is 0 Å². The molecular formula is C19H21N3O3. The fraction of sp³-hybridized carbons (Fsp3) is 0.421. The summed E-state index contributed by atoms with van der Waals surface area (Å²) >= 11 is 0. The van der Waals surface area contributed by atoms with Gasteiger partial charge in [-0.25, -0.2) is 0 Å². The molecule has 6 heteroatoms. The number of carbonyl (C=O) groups excluding carboxylic acids is 1. The number of ether oxygens (including phenoxy) is 1. The third-order valence-corrected chi connectivity index (χ3v) is 5.28. The second kappa shape index (κ2) is 6.02. The van der Waals surface area contributed by atoms with Gasteiger partial charge in [-0.3, -0.25) is 14.6 Å². The molecule has 0 aliphatic carbocycles. The van der Waals surface area contributed by atoms with Gasteiger partial charge in [-0.15, -0.1) is 0 Å². The summed E-state index contributed by atoms with van der Waals surface area (Å²) in [5.74, 6) is 1.34. The second-order valence-electron chi connectivity index (χ2n) is 6.95. The van der Waals surface area contributed by atoms with Crippen molar-refractivity contribution in [1.82, 2.24) is 14.5 Å². The molecule has 2 bridgehead atoms. The highest BCUT2D eigenvalue weighted by atomic mass is 16.5. The van der Waals surface area contributed by atoms with Gasteiger partial charge in [0.2, 0.25) is 5.91 Å². The van der Waals surface area contributed by atoms with Gasteiger partial charge < -0.3 is 14.2 Å². The van der Waals surface area contributed by atoms with Crippen LogP contribution in [-0.4, -0.2) is 40.6 Å². The Labute approximate surface area is 146 Å². The van der Waals surface area contributed by atoms with E-state index in [0.29, 0.717) is 24.8 Å². The minimum atomic E-state index is 0.0151. The average Bonchev–Trinajstić information content (AvgIpc) is 2.62. The van der Waals surface area contributed by atoms with Crippen molar-refractivity contribution in [2.24, 2.45) is 5.92 Å². The van der Waals surface area contributed by atoms with E-state index in [0.717, 1.165) is 29.8 Å². The van der Waals surface area contributed by atoms with Crippen molar-refractivity contribution in [3.8, 4) is 16.9 Å². The van der Waals surface area contributed by atoms with Gasteiger partial charge in [-0.05, 0) is 30.0 Å². The van der Waals surface area contributed by atoms with Gasteiger partial charge in [0.05, 0.1) is 13.3 Å². The standard InChI is InChI=1S/C19H21N3O3/c1-12(23)21-9-13-3-16(11-21)18-5-14(6-19(24)22(18)10-13)15-4-17(25-2)8-20-7-15/h4-8,13,16H,3,9-11H2,1-2H3/t13-,16+/m0/s1. The van der Waals surface area contributed by atoms with E-state index in [9.17, 15) is 9.59 Å². The Morgan fingerprint density at radius 3 is 2.76 bits per heavy atom. The molecule has 0 unspecified atom stereocenters. The highest BCUT2D eigenvalue weighted by molar-refractivity contribution is 5.73. The molecule has 2 aromatic rings. The summed E-state index contributed by atoms with van der Waals surface area (Å²) in [5, 5.41) is 0. The minimum Gasteiger partial charge on any atom is -0.495 e. The Hall–Kier alpha value is -2.63. The van der Waals surface area contributed by atoms with Crippen LogP contribution in [-0.2, 0) is 11.3 Å². The number of fused-ring (bicyclic) bond motifs is 4. The molecule has 2 aromatic heterocycles. The summed E-state index contributed by atoms with van der Waals surface area (Å²) < 4.78 is 7.12. The number of pyridine rings is 2. The highest BCUT2D eigenvalue weighted by Crippen LogP contribution is 2.36.